The molecule has 0 radical (unpaired) electrons. The smallest absolute Gasteiger partial charge is 0.230 e. The first-order valence-electron chi connectivity index (χ1n) is 14.8. The zero-order chi connectivity index (χ0) is 32.1. The van der Waals surface area contributed by atoms with Crippen LogP contribution in [0.15, 0.2) is 30.3 Å². The third-order valence-electron chi connectivity index (χ3n) is 9.76. The molecule has 2 fully saturated rings. The van der Waals surface area contributed by atoms with Crippen molar-refractivity contribution >= 4 is 23.3 Å². The summed E-state index contributed by atoms with van der Waals surface area (Å²) in [5, 5.41) is 33.8. The minimum Gasteiger partial charge on any atom is -0.507 e. The van der Waals surface area contributed by atoms with Crippen molar-refractivity contribution in [2.45, 2.75) is 56.3 Å². The largest absolute Gasteiger partial charge is 0.507 e. The molecule has 10 nitrogen and oxygen atoms in total. The number of hydrogen-bond donors (Lipinski definition) is 4. The van der Waals surface area contributed by atoms with Gasteiger partial charge in [0, 0.05) is 23.9 Å². The summed E-state index contributed by atoms with van der Waals surface area (Å²) < 4.78 is 5.68. The van der Waals surface area contributed by atoms with Crippen molar-refractivity contribution in [3.05, 3.63) is 47.0 Å². The number of terminal acetylenes is 1. The molecule has 0 aromatic heterocycles. The average molecular weight is 603 g/mol. The number of nitrogens with zero attached hydrogens (tertiary/aromatic N) is 1. The molecule has 2 saturated carbocycles. The van der Waals surface area contributed by atoms with E-state index in [0.717, 1.165) is 30.4 Å². The van der Waals surface area contributed by atoms with Gasteiger partial charge in [-0.05, 0) is 87.0 Å². The number of ketones is 3. The number of phenols is 1. The normalized spacial score (nSPS) is 29.4. The minimum absolute atomic E-state index is 0.0384. The Morgan fingerprint density at radius 1 is 1.14 bits per heavy atom. The van der Waals surface area contributed by atoms with Gasteiger partial charge in [0.2, 0.25) is 5.91 Å². The first-order chi connectivity index (χ1) is 20.9. The van der Waals surface area contributed by atoms with Crippen LogP contribution < -0.4 is 10.5 Å². The van der Waals surface area contributed by atoms with Crippen molar-refractivity contribution in [1.82, 2.24) is 4.90 Å². The van der Waals surface area contributed by atoms with Gasteiger partial charge in [0.25, 0.3) is 0 Å². The number of Topliss-reactive ketones (excluding diaryl/α,β-unsaturated/α-hetero) is 3. The van der Waals surface area contributed by atoms with Crippen LogP contribution in [0.2, 0.25) is 0 Å². The summed E-state index contributed by atoms with van der Waals surface area (Å²) in [4.78, 5) is 55.5. The lowest BCUT2D eigenvalue weighted by Crippen LogP contribution is -2.75. The Balaban J connectivity index is 1.61. The highest BCUT2D eigenvalue weighted by molar-refractivity contribution is 6.25. The molecule has 1 amide bonds. The molecule has 0 spiro atoms. The summed E-state index contributed by atoms with van der Waals surface area (Å²) in [6.45, 7) is 0. The number of aryl methyl sites for hydroxylation is 1. The molecule has 2 aromatic carbocycles. The monoisotopic (exact) mass is 602 g/mol. The number of aliphatic hydroxyl groups excluding tert-OH is 1. The van der Waals surface area contributed by atoms with Gasteiger partial charge in [-0.15, -0.1) is 12.3 Å². The van der Waals surface area contributed by atoms with E-state index in [1.54, 1.807) is 32.2 Å². The number of amides is 1. The predicted molar refractivity (Wildman–Crippen MR) is 161 cm³/mol. The second-order valence-corrected chi connectivity index (χ2v) is 12.4. The number of benzene rings is 2. The number of fused-ring (bicyclic) bond motifs is 3. The van der Waals surface area contributed by atoms with Gasteiger partial charge in [-0.25, -0.2) is 0 Å². The van der Waals surface area contributed by atoms with E-state index in [-0.39, 0.29) is 24.2 Å². The highest BCUT2D eigenvalue weighted by Crippen LogP contribution is 2.52. The first kappa shape index (κ1) is 31.4. The van der Waals surface area contributed by atoms with Crippen molar-refractivity contribution in [2.75, 3.05) is 21.2 Å². The lowest BCUT2D eigenvalue weighted by atomic mass is 9.52. The Bertz CT molecular complexity index is 1580. The van der Waals surface area contributed by atoms with Crippen LogP contribution in [0.5, 0.6) is 11.5 Å². The maximum atomic E-state index is 14.1. The molecular weight excluding hydrogens is 564 g/mol. The van der Waals surface area contributed by atoms with E-state index in [9.17, 15) is 34.5 Å². The number of unbranched alkanes of at least 4 members (excludes halogenated alkanes) is 2. The molecule has 3 unspecified atom stereocenters. The van der Waals surface area contributed by atoms with Crippen LogP contribution in [0.3, 0.4) is 0 Å². The predicted octanol–water partition coefficient (Wildman–Crippen LogP) is 1.68. The van der Waals surface area contributed by atoms with E-state index in [2.05, 4.69) is 5.92 Å². The summed E-state index contributed by atoms with van der Waals surface area (Å²) in [6.07, 6.45) is 7.31. The zero-order valence-corrected chi connectivity index (χ0v) is 25.1. The minimum atomic E-state index is -2.70. The Kier molecular flexibility index (Phi) is 8.42. The molecule has 10 heteroatoms. The maximum Gasteiger partial charge on any atom is 0.230 e. The van der Waals surface area contributed by atoms with E-state index in [1.165, 1.54) is 6.07 Å². The van der Waals surface area contributed by atoms with E-state index in [0.29, 0.717) is 23.3 Å². The first-order valence-corrected chi connectivity index (χ1v) is 14.8. The van der Waals surface area contributed by atoms with Gasteiger partial charge in [0.1, 0.15) is 17.4 Å². The fraction of sp³-hybridized carbons (Fsp3) is 0.471. The van der Waals surface area contributed by atoms with Crippen molar-refractivity contribution in [2.24, 2.45) is 29.4 Å². The quantitative estimate of drug-likeness (QED) is 0.200. The number of primary amides is 1. The molecule has 0 bridgehead atoms. The Labute approximate surface area is 256 Å². The van der Waals surface area contributed by atoms with Crippen LogP contribution in [0.4, 0.5) is 0 Å². The van der Waals surface area contributed by atoms with E-state index in [4.69, 9.17) is 16.9 Å². The van der Waals surface area contributed by atoms with Crippen LogP contribution in [0.1, 0.15) is 47.2 Å². The highest BCUT2D eigenvalue weighted by Gasteiger charge is 2.69. The number of carbonyl (C=O) groups excluding carboxylic acids is 4. The van der Waals surface area contributed by atoms with Crippen molar-refractivity contribution in [3.8, 4) is 35.0 Å². The lowest BCUT2D eigenvalue weighted by Gasteiger charge is -2.54. The Morgan fingerprint density at radius 3 is 2.50 bits per heavy atom. The second kappa shape index (κ2) is 11.8. The van der Waals surface area contributed by atoms with Crippen LogP contribution in [-0.2, 0) is 27.2 Å². The van der Waals surface area contributed by atoms with Crippen LogP contribution in [-0.4, -0.2) is 82.4 Å². The Morgan fingerprint density at radius 2 is 1.86 bits per heavy atom. The van der Waals surface area contributed by atoms with Gasteiger partial charge in [0.15, 0.2) is 23.0 Å². The third kappa shape index (κ3) is 4.80. The van der Waals surface area contributed by atoms with E-state index in [1.807, 2.05) is 18.2 Å². The average Bonchev–Trinajstić information content (AvgIpc) is 2.97. The molecule has 7 atom stereocenters. The number of likely N-dealkylation sites (N-methyl/N-ethyl adjacent to an activating group) is 1. The number of aromatic hydroxyl groups is 1. The van der Waals surface area contributed by atoms with Gasteiger partial charge in [-0.3, -0.25) is 19.2 Å². The topological polar surface area (TPSA) is 167 Å². The molecule has 0 aliphatic heterocycles. The SMILES string of the molecule is C#CCCCCc1ccc(OC)c(-c2ccc(O)c3c2C[C@@H]2C[C@@H]4[C@@H](N(C)C)C(O)C(C(N)=O)C(=O)[C@]4(O)C(=O)C2C3=O)c1. The van der Waals surface area contributed by atoms with Gasteiger partial charge in [-0.2, -0.15) is 0 Å². The van der Waals surface area contributed by atoms with Gasteiger partial charge >= 0.3 is 0 Å². The molecule has 5 N–H and O–H groups in total. The second-order valence-electron chi connectivity index (χ2n) is 12.4. The standard InChI is InChI=1S/C34H38N2O8/c1-5-6-7-8-9-17-10-13-24(44-4)20(14-17)19-11-12-23(37)26-21(19)15-18-16-22-28(36(2)3)30(39)27(33(35)42)32(41)34(22,43)31(40)25(18)29(26)38/h1,10-14,18,22,25,27-28,30,37,39,43H,6-9,15-16H2,2-4H3,(H2,35,42)/t18-,22-,25?,27?,28-,30?,34-/m1/s1. The highest BCUT2D eigenvalue weighted by atomic mass is 16.5. The number of carbonyl (C=O) groups is 4. The number of methoxy groups -OCH3 is 1. The number of rotatable bonds is 8. The summed E-state index contributed by atoms with van der Waals surface area (Å²) >= 11 is 0. The Hall–Kier alpha value is -4.04. The van der Waals surface area contributed by atoms with E-state index >= 15 is 0 Å². The number of nitrogens with two attached hydrogens (primary N) is 1. The number of ether oxygens (including phenoxy) is 1. The fourth-order valence-electron chi connectivity index (χ4n) is 7.75. The van der Waals surface area contributed by atoms with Crippen molar-refractivity contribution in [3.63, 3.8) is 0 Å². The summed E-state index contributed by atoms with van der Waals surface area (Å²) in [6, 6.07) is 7.96. The molecule has 5 rings (SSSR count). The molecule has 3 aliphatic carbocycles. The molecule has 0 heterocycles. The summed E-state index contributed by atoms with van der Waals surface area (Å²) in [7, 11) is 4.77. The molecule has 0 saturated heterocycles. The summed E-state index contributed by atoms with van der Waals surface area (Å²) in [5.74, 6) is -6.16. The number of aliphatic hydroxyl groups is 2. The van der Waals surface area contributed by atoms with Gasteiger partial charge in [0.05, 0.1) is 24.7 Å². The van der Waals surface area contributed by atoms with Crippen molar-refractivity contribution < 1.29 is 39.2 Å². The fourth-order valence-corrected chi connectivity index (χ4v) is 7.75. The third-order valence-corrected chi connectivity index (χ3v) is 9.76. The number of hydrogen-bond acceptors (Lipinski definition) is 9. The maximum absolute atomic E-state index is 14.1. The molecular formula is C34H38N2O8. The van der Waals surface area contributed by atoms with E-state index < -0.39 is 64.7 Å². The summed E-state index contributed by atoms with van der Waals surface area (Å²) in [5.41, 5.74) is 5.68. The molecule has 232 valence electrons. The molecule has 44 heavy (non-hydrogen) atoms. The van der Waals surface area contributed by atoms with Crippen molar-refractivity contribution in [1.29, 1.82) is 0 Å². The molecule has 2 aromatic rings. The zero-order valence-electron chi connectivity index (χ0n) is 25.1. The van der Waals surface area contributed by atoms with Gasteiger partial charge < -0.3 is 30.7 Å². The van der Waals surface area contributed by atoms with Gasteiger partial charge in [-0.1, -0.05) is 12.1 Å². The van der Waals surface area contributed by atoms with Crippen LogP contribution >= 0.6 is 0 Å². The van der Waals surface area contributed by atoms with Crippen LogP contribution in [0, 0.1) is 36.0 Å². The lowest BCUT2D eigenvalue weighted by molar-refractivity contribution is -0.190. The number of phenolic OH excluding ortho intramolecular Hbond substituents is 1. The molecule has 3 aliphatic rings. The van der Waals surface area contributed by atoms with Crippen LogP contribution in [0.25, 0.3) is 11.1 Å².